The number of hydrogen-bond acceptors (Lipinski definition) is 4. The van der Waals surface area contributed by atoms with Gasteiger partial charge in [0.1, 0.15) is 18.7 Å². The van der Waals surface area contributed by atoms with E-state index in [0.717, 1.165) is 16.8 Å². The van der Waals surface area contributed by atoms with Crippen LogP contribution in [0.4, 0.5) is 13.2 Å². The van der Waals surface area contributed by atoms with Crippen LogP contribution in [0.25, 0.3) is 0 Å². The van der Waals surface area contributed by atoms with E-state index in [0.29, 0.717) is 17.6 Å². The van der Waals surface area contributed by atoms with E-state index < -0.39 is 35.9 Å². The van der Waals surface area contributed by atoms with Gasteiger partial charge in [-0.25, -0.2) is 0 Å². The van der Waals surface area contributed by atoms with Crippen LogP contribution in [0.2, 0.25) is 0 Å². The summed E-state index contributed by atoms with van der Waals surface area (Å²) in [7, 11) is 1.49. The lowest BCUT2D eigenvalue weighted by Crippen LogP contribution is -2.43. The van der Waals surface area contributed by atoms with Crippen molar-refractivity contribution in [2.45, 2.75) is 18.8 Å². The molecule has 9 heteroatoms. The Morgan fingerprint density at radius 3 is 2.63 bits per heavy atom. The maximum atomic E-state index is 12.8. The Labute approximate surface area is 152 Å². The molecule has 0 N–H and O–H groups in total. The molecule has 6 nitrogen and oxygen atoms in total. The fourth-order valence-corrected chi connectivity index (χ4v) is 2.70. The van der Waals surface area contributed by atoms with Crippen LogP contribution < -0.4 is 15.0 Å². The van der Waals surface area contributed by atoms with Gasteiger partial charge >= 0.3 is 6.18 Å². The van der Waals surface area contributed by atoms with Gasteiger partial charge in [0.25, 0.3) is 5.56 Å². The summed E-state index contributed by atoms with van der Waals surface area (Å²) in [6.07, 6.45) is -4.04. The summed E-state index contributed by atoms with van der Waals surface area (Å²) in [5, 5.41) is 0. The minimum absolute atomic E-state index is 0.168. The Morgan fingerprint density at radius 2 is 1.93 bits per heavy atom. The number of halogens is 3. The number of ether oxygens (including phenoxy) is 2. The third-order valence-electron chi connectivity index (χ3n) is 4.10. The van der Waals surface area contributed by atoms with Gasteiger partial charge in [0.2, 0.25) is 5.91 Å². The van der Waals surface area contributed by atoms with Gasteiger partial charge in [0.15, 0.2) is 17.6 Å². The molecule has 1 aromatic carbocycles. The van der Waals surface area contributed by atoms with Crippen molar-refractivity contribution in [1.29, 1.82) is 0 Å². The Hall–Kier alpha value is -2.97. The molecular weight excluding hydrogens is 365 g/mol. The molecule has 1 aromatic heterocycles. The van der Waals surface area contributed by atoms with Crippen LogP contribution in [0.3, 0.4) is 0 Å². The topological polar surface area (TPSA) is 60.8 Å². The normalized spacial score (nSPS) is 16.1. The Balaban J connectivity index is 1.65. The van der Waals surface area contributed by atoms with E-state index >= 15 is 0 Å². The summed E-state index contributed by atoms with van der Waals surface area (Å²) < 4.78 is 50.5. The molecular formula is C18H17F3N2O4. The predicted octanol–water partition coefficient (Wildman–Crippen LogP) is 2.17. The fourth-order valence-electron chi connectivity index (χ4n) is 2.70. The molecule has 27 heavy (non-hydrogen) atoms. The number of fused-ring (bicyclic) bond motifs is 1. The van der Waals surface area contributed by atoms with Gasteiger partial charge in [-0.2, -0.15) is 13.2 Å². The highest BCUT2D eigenvalue weighted by molar-refractivity contribution is 5.75. The van der Waals surface area contributed by atoms with Crippen molar-refractivity contribution >= 4 is 5.91 Å². The summed E-state index contributed by atoms with van der Waals surface area (Å²) in [5.74, 6) is 0.654. The molecule has 0 radical (unpaired) electrons. The number of carbonyl (C=O) groups excluding carboxylic acids is 1. The van der Waals surface area contributed by atoms with E-state index in [4.69, 9.17) is 9.47 Å². The van der Waals surface area contributed by atoms with E-state index in [1.807, 2.05) is 6.07 Å². The first kappa shape index (κ1) is 18.8. The average Bonchev–Trinajstić information content (AvgIpc) is 2.62. The molecule has 1 aliphatic rings. The number of pyridine rings is 1. The number of aromatic nitrogens is 1. The van der Waals surface area contributed by atoms with Crippen molar-refractivity contribution in [2.75, 3.05) is 20.2 Å². The maximum Gasteiger partial charge on any atom is 0.421 e. The predicted molar refractivity (Wildman–Crippen MR) is 89.7 cm³/mol. The molecule has 1 aliphatic heterocycles. The zero-order valence-corrected chi connectivity index (χ0v) is 14.4. The minimum atomic E-state index is -4.77. The van der Waals surface area contributed by atoms with Gasteiger partial charge in [0, 0.05) is 13.2 Å². The molecule has 0 aliphatic carbocycles. The van der Waals surface area contributed by atoms with Crippen LogP contribution in [0.5, 0.6) is 11.5 Å². The van der Waals surface area contributed by atoms with Gasteiger partial charge in [-0.15, -0.1) is 0 Å². The lowest BCUT2D eigenvalue weighted by molar-refractivity contribution is -0.139. The monoisotopic (exact) mass is 382 g/mol. The van der Waals surface area contributed by atoms with Crippen molar-refractivity contribution in [2.24, 2.45) is 0 Å². The second-order valence-corrected chi connectivity index (χ2v) is 6.12. The molecule has 0 spiro atoms. The van der Waals surface area contributed by atoms with E-state index in [1.165, 1.54) is 11.9 Å². The van der Waals surface area contributed by atoms with Crippen LogP contribution >= 0.6 is 0 Å². The van der Waals surface area contributed by atoms with E-state index in [-0.39, 0.29) is 13.2 Å². The quantitative estimate of drug-likeness (QED) is 0.813. The lowest BCUT2D eigenvalue weighted by atomic mass is 10.2. The molecule has 1 atom stereocenters. The number of rotatable bonds is 4. The average molecular weight is 382 g/mol. The second kappa shape index (κ2) is 7.34. The van der Waals surface area contributed by atoms with Crippen molar-refractivity contribution in [3.8, 4) is 11.5 Å². The maximum absolute atomic E-state index is 12.8. The highest BCUT2D eigenvalue weighted by Crippen LogP contribution is 2.31. The molecule has 0 unspecified atom stereocenters. The standard InChI is InChI=1S/C18H17F3N2O4/c1-22(9-12-11-26-14-6-2-3-7-15(14)27-12)16(24)10-23-8-4-5-13(17(23)25)18(19,20)21/h2-8,12H,9-11H2,1H3/t12-/m0/s1. The molecule has 0 saturated carbocycles. The van der Waals surface area contributed by atoms with Gasteiger partial charge in [-0.05, 0) is 24.3 Å². The molecule has 0 fully saturated rings. The molecule has 144 valence electrons. The lowest BCUT2D eigenvalue weighted by Gasteiger charge is -2.29. The summed E-state index contributed by atoms with van der Waals surface area (Å²) in [4.78, 5) is 25.6. The number of hydrogen-bond donors (Lipinski definition) is 0. The molecule has 3 rings (SSSR count). The summed E-state index contributed by atoms with van der Waals surface area (Å²) in [6.45, 7) is -0.0948. The first-order valence-electron chi connectivity index (χ1n) is 8.15. The minimum Gasteiger partial charge on any atom is -0.486 e. The molecule has 0 bridgehead atoms. The highest BCUT2D eigenvalue weighted by Gasteiger charge is 2.34. The van der Waals surface area contributed by atoms with Crippen molar-refractivity contribution in [3.05, 3.63) is 58.5 Å². The molecule has 2 aromatic rings. The third kappa shape index (κ3) is 4.24. The van der Waals surface area contributed by atoms with E-state index in [1.54, 1.807) is 18.2 Å². The van der Waals surface area contributed by atoms with Crippen molar-refractivity contribution in [1.82, 2.24) is 9.47 Å². The smallest absolute Gasteiger partial charge is 0.421 e. The van der Waals surface area contributed by atoms with Crippen LogP contribution in [0.15, 0.2) is 47.4 Å². The van der Waals surface area contributed by atoms with Crippen LogP contribution in [-0.2, 0) is 17.5 Å². The number of benzene rings is 1. The van der Waals surface area contributed by atoms with Crippen LogP contribution in [0.1, 0.15) is 5.56 Å². The Bertz CT molecular complexity index is 895. The summed E-state index contributed by atoms with van der Waals surface area (Å²) in [5.41, 5.74) is -2.56. The van der Waals surface area contributed by atoms with Gasteiger partial charge < -0.3 is 18.9 Å². The summed E-state index contributed by atoms with van der Waals surface area (Å²) >= 11 is 0. The first-order valence-corrected chi connectivity index (χ1v) is 8.15. The van der Waals surface area contributed by atoms with Gasteiger partial charge in [-0.1, -0.05) is 12.1 Å². The highest BCUT2D eigenvalue weighted by atomic mass is 19.4. The zero-order chi connectivity index (χ0) is 19.6. The number of amides is 1. The number of para-hydroxylation sites is 2. The van der Waals surface area contributed by atoms with Gasteiger partial charge in [0.05, 0.1) is 6.54 Å². The van der Waals surface area contributed by atoms with Crippen LogP contribution in [0, 0.1) is 0 Å². The largest absolute Gasteiger partial charge is 0.486 e. The number of nitrogens with zero attached hydrogens (tertiary/aromatic N) is 2. The number of carbonyl (C=O) groups is 1. The SMILES string of the molecule is CN(C[C@H]1COc2ccccc2O1)C(=O)Cn1cccc(C(F)(F)F)c1=O. The molecule has 2 heterocycles. The number of likely N-dealkylation sites (N-methyl/N-ethyl adjacent to an activating group) is 1. The van der Waals surface area contributed by atoms with E-state index in [9.17, 15) is 22.8 Å². The van der Waals surface area contributed by atoms with E-state index in [2.05, 4.69) is 0 Å². The fraction of sp³-hybridized carbons (Fsp3) is 0.333. The second-order valence-electron chi connectivity index (χ2n) is 6.12. The van der Waals surface area contributed by atoms with Crippen molar-refractivity contribution < 1.29 is 27.4 Å². The molecule has 1 amide bonds. The zero-order valence-electron chi connectivity index (χ0n) is 14.4. The summed E-state index contributed by atoms with van der Waals surface area (Å²) in [6, 6.07) is 8.89. The Morgan fingerprint density at radius 1 is 1.22 bits per heavy atom. The van der Waals surface area contributed by atoms with Gasteiger partial charge in [-0.3, -0.25) is 9.59 Å². The van der Waals surface area contributed by atoms with Crippen LogP contribution in [-0.4, -0.2) is 41.7 Å². The number of alkyl halides is 3. The first-order chi connectivity index (χ1) is 12.8. The van der Waals surface area contributed by atoms with Crippen molar-refractivity contribution in [3.63, 3.8) is 0 Å². The third-order valence-corrected chi connectivity index (χ3v) is 4.10. The molecule has 0 saturated heterocycles. The Kier molecular flexibility index (Phi) is 5.11.